The van der Waals surface area contributed by atoms with Crippen molar-refractivity contribution in [3.8, 4) is 12.3 Å². The van der Waals surface area contributed by atoms with Crippen LogP contribution in [0.2, 0.25) is 0 Å². The van der Waals surface area contributed by atoms with Gasteiger partial charge in [-0.2, -0.15) is 23.7 Å². The molecule has 142 valence electrons. The van der Waals surface area contributed by atoms with E-state index in [9.17, 15) is 18.4 Å². The van der Waals surface area contributed by atoms with E-state index in [4.69, 9.17) is 16.7 Å². The molecule has 1 aliphatic rings. The molecule has 6 N–H and O–H groups in total. The SMILES string of the molecule is N#CNC1=NC(c2cccc(C(F)(F)F)c2Br)c2c(nc(N)c(C#N)c2N)N1. The van der Waals surface area contributed by atoms with Crippen molar-refractivity contribution >= 4 is 39.2 Å². The average molecular weight is 451 g/mol. The highest BCUT2D eigenvalue weighted by Crippen LogP contribution is 2.45. The van der Waals surface area contributed by atoms with Crippen molar-refractivity contribution in [3.63, 3.8) is 0 Å². The normalized spacial score (nSPS) is 15.5. The second kappa shape index (κ2) is 6.90. The fraction of sp³-hybridized carbons (Fsp3) is 0.125. The molecule has 0 spiro atoms. The first-order chi connectivity index (χ1) is 13.2. The van der Waals surface area contributed by atoms with Crippen molar-refractivity contribution in [2.24, 2.45) is 4.99 Å². The van der Waals surface area contributed by atoms with E-state index in [1.807, 2.05) is 6.07 Å². The van der Waals surface area contributed by atoms with E-state index < -0.39 is 17.8 Å². The predicted octanol–water partition coefficient (Wildman–Crippen LogP) is 2.84. The number of hydrogen-bond acceptors (Lipinski definition) is 8. The van der Waals surface area contributed by atoms with Crippen LogP contribution in [0.1, 0.15) is 28.3 Å². The summed E-state index contributed by atoms with van der Waals surface area (Å²) >= 11 is 2.99. The van der Waals surface area contributed by atoms with Crippen LogP contribution in [0.25, 0.3) is 0 Å². The van der Waals surface area contributed by atoms with Gasteiger partial charge < -0.3 is 16.8 Å². The zero-order chi connectivity index (χ0) is 20.6. The van der Waals surface area contributed by atoms with Crippen LogP contribution >= 0.6 is 15.9 Å². The van der Waals surface area contributed by atoms with Crippen LogP contribution in [-0.2, 0) is 6.18 Å². The number of nitrogens with zero attached hydrogens (tertiary/aromatic N) is 4. The Morgan fingerprint density at radius 1 is 1.25 bits per heavy atom. The number of fused-ring (bicyclic) bond motifs is 1. The number of anilines is 3. The standard InChI is InChI=1S/C16H10BrF3N8/c17-10-6(2-1-3-8(10)16(18,19)20)12-9-11(23)7(4-21)13(24)27-14(9)28-15(26-12)25-5-22/h1-3,12H,(H6,23,24,25,26,27,28). The van der Waals surface area contributed by atoms with Crippen molar-refractivity contribution in [1.29, 1.82) is 10.5 Å². The minimum atomic E-state index is -4.61. The highest BCUT2D eigenvalue weighted by atomic mass is 79.9. The number of alkyl halides is 3. The van der Waals surface area contributed by atoms with Crippen LogP contribution in [-0.4, -0.2) is 10.9 Å². The van der Waals surface area contributed by atoms with Gasteiger partial charge in [0.25, 0.3) is 0 Å². The number of benzene rings is 1. The zero-order valence-electron chi connectivity index (χ0n) is 13.8. The molecule has 3 rings (SSSR count). The van der Waals surface area contributed by atoms with Crippen LogP contribution in [0.15, 0.2) is 27.7 Å². The van der Waals surface area contributed by atoms with Crippen molar-refractivity contribution in [3.05, 3.63) is 44.9 Å². The number of halogens is 4. The average Bonchev–Trinajstić information content (AvgIpc) is 2.60. The number of aliphatic imine (C=N–C) groups is 1. The van der Waals surface area contributed by atoms with E-state index in [0.29, 0.717) is 0 Å². The Kier molecular flexibility index (Phi) is 4.75. The van der Waals surface area contributed by atoms with Crippen molar-refractivity contribution in [2.75, 3.05) is 16.8 Å². The number of pyridine rings is 1. The third-order valence-electron chi connectivity index (χ3n) is 3.99. The molecule has 0 aliphatic carbocycles. The largest absolute Gasteiger partial charge is 0.417 e. The summed E-state index contributed by atoms with van der Waals surface area (Å²) in [5.41, 5.74) is 11.0. The fourth-order valence-corrected chi connectivity index (χ4v) is 3.49. The second-order valence-corrected chi connectivity index (χ2v) is 6.40. The van der Waals surface area contributed by atoms with Crippen molar-refractivity contribution in [2.45, 2.75) is 12.2 Å². The molecule has 0 saturated heterocycles. The van der Waals surface area contributed by atoms with Crippen LogP contribution in [0.4, 0.5) is 30.5 Å². The summed E-state index contributed by atoms with van der Waals surface area (Å²) in [7, 11) is 0. The lowest BCUT2D eigenvalue weighted by molar-refractivity contribution is -0.138. The highest BCUT2D eigenvalue weighted by Gasteiger charge is 2.37. The number of hydrogen-bond donors (Lipinski definition) is 4. The Labute approximate surface area is 164 Å². The molecule has 0 saturated carbocycles. The summed E-state index contributed by atoms with van der Waals surface area (Å²) in [4.78, 5) is 8.29. The second-order valence-electron chi connectivity index (χ2n) is 5.61. The zero-order valence-corrected chi connectivity index (χ0v) is 15.4. The topological polar surface area (TPSA) is 149 Å². The molecule has 1 aromatic carbocycles. The smallest absolute Gasteiger partial charge is 0.397 e. The molecule has 12 heteroatoms. The predicted molar refractivity (Wildman–Crippen MR) is 98.6 cm³/mol. The summed E-state index contributed by atoms with van der Waals surface area (Å²) in [5.74, 6) is -0.136. The first kappa shape index (κ1) is 19.3. The van der Waals surface area contributed by atoms with Gasteiger partial charge in [0.05, 0.1) is 11.3 Å². The van der Waals surface area contributed by atoms with E-state index in [1.165, 1.54) is 12.1 Å². The maximum atomic E-state index is 13.3. The van der Waals surface area contributed by atoms with Gasteiger partial charge in [-0.3, -0.25) is 5.32 Å². The van der Waals surface area contributed by atoms with Gasteiger partial charge >= 0.3 is 6.18 Å². The molecular formula is C16H10BrF3N8. The Morgan fingerprint density at radius 3 is 2.57 bits per heavy atom. The molecule has 0 amide bonds. The number of guanidine groups is 1. The minimum absolute atomic E-state index is 0.0553. The lowest BCUT2D eigenvalue weighted by Crippen LogP contribution is -2.33. The maximum Gasteiger partial charge on any atom is 0.417 e. The number of nitriles is 2. The van der Waals surface area contributed by atoms with E-state index in [2.05, 4.69) is 36.5 Å². The Balaban J connectivity index is 2.30. The summed E-state index contributed by atoms with van der Waals surface area (Å²) in [6.07, 6.45) is -2.94. The molecule has 0 fully saturated rings. The lowest BCUT2D eigenvalue weighted by atomic mass is 9.94. The first-order valence-corrected chi connectivity index (χ1v) is 8.32. The minimum Gasteiger partial charge on any atom is -0.397 e. The van der Waals surface area contributed by atoms with Crippen molar-refractivity contribution in [1.82, 2.24) is 10.3 Å². The van der Waals surface area contributed by atoms with E-state index >= 15 is 0 Å². The van der Waals surface area contributed by atoms with E-state index in [-0.39, 0.29) is 44.4 Å². The van der Waals surface area contributed by atoms with E-state index in [0.717, 1.165) is 6.07 Å². The number of nitrogen functional groups attached to an aromatic ring is 2. The molecule has 2 aromatic rings. The Hall–Kier alpha value is -3.51. The van der Waals surface area contributed by atoms with E-state index in [1.54, 1.807) is 6.19 Å². The molecule has 1 aliphatic heterocycles. The van der Waals surface area contributed by atoms with Crippen molar-refractivity contribution < 1.29 is 13.2 Å². The molecule has 0 bridgehead atoms. The summed E-state index contributed by atoms with van der Waals surface area (Å²) in [6.45, 7) is 0. The number of aromatic nitrogens is 1. The third-order valence-corrected chi connectivity index (χ3v) is 4.87. The first-order valence-electron chi connectivity index (χ1n) is 7.53. The summed E-state index contributed by atoms with van der Waals surface area (Å²) in [5, 5.41) is 23.1. The fourth-order valence-electron chi connectivity index (χ4n) is 2.79. The van der Waals surface area contributed by atoms with Gasteiger partial charge in [-0.05, 0) is 27.6 Å². The molecule has 2 heterocycles. The third kappa shape index (κ3) is 3.14. The van der Waals surface area contributed by atoms with Gasteiger partial charge in [0.1, 0.15) is 29.3 Å². The van der Waals surface area contributed by atoms with Crippen LogP contribution in [0, 0.1) is 22.8 Å². The van der Waals surface area contributed by atoms with Crippen LogP contribution in [0.5, 0.6) is 0 Å². The van der Waals surface area contributed by atoms with Gasteiger partial charge in [0.15, 0.2) is 6.19 Å². The van der Waals surface area contributed by atoms with Gasteiger partial charge in [-0.1, -0.05) is 12.1 Å². The number of nitrogens with two attached hydrogens (primary N) is 2. The quantitative estimate of drug-likeness (QED) is 0.385. The van der Waals surface area contributed by atoms with Gasteiger partial charge in [-0.25, -0.2) is 9.98 Å². The molecule has 1 unspecified atom stereocenters. The summed E-state index contributed by atoms with van der Waals surface area (Å²) < 4.78 is 39.7. The molecule has 1 atom stereocenters. The Bertz CT molecular complexity index is 1080. The molecule has 8 nitrogen and oxygen atoms in total. The molecular weight excluding hydrogens is 441 g/mol. The van der Waals surface area contributed by atoms with Gasteiger partial charge in [0.2, 0.25) is 5.96 Å². The number of rotatable bonds is 1. The molecule has 28 heavy (non-hydrogen) atoms. The summed E-state index contributed by atoms with van der Waals surface area (Å²) in [6, 6.07) is 4.31. The molecule has 1 aromatic heterocycles. The highest BCUT2D eigenvalue weighted by molar-refractivity contribution is 9.10. The van der Waals surface area contributed by atoms with Gasteiger partial charge in [0, 0.05) is 10.0 Å². The lowest BCUT2D eigenvalue weighted by Gasteiger charge is -2.27. The Morgan fingerprint density at radius 2 is 1.96 bits per heavy atom. The maximum absolute atomic E-state index is 13.3. The monoisotopic (exact) mass is 450 g/mol. The van der Waals surface area contributed by atoms with Crippen LogP contribution < -0.4 is 22.1 Å². The number of nitrogens with one attached hydrogen (secondary N) is 2. The molecule has 0 radical (unpaired) electrons. The van der Waals surface area contributed by atoms with Gasteiger partial charge in [-0.15, -0.1) is 0 Å². The van der Waals surface area contributed by atoms with Crippen LogP contribution in [0.3, 0.4) is 0 Å².